The molecule has 3 aromatic carbocycles. The van der Waals surface area contributed by atoms with Gasteiger partial charge in [-0.15, -0.1) is 0 Å². The molecule has 10 heteroatoms. The first-order chi connectivity index (χ1) is 15.6. The summed E-state index contributed by atoms with van der Waals surface area (Å²) in [5.41, 5.74) is 1.57. The average molecular weight is 489 g/mol. The van der Waals surface area contributed by atoms with Gasteiger partial charge in [-0.25, -0.2) is 18.4 Å². The Hall–Kier alpha value is -3.40. The molecule has 0 heterocycles. The maximum Gasteiger partial charge on any atom is 0.339 e. The summed E-state index contributed by atoms with van der Waals surface area (Å²) < 4.78 is 34.3. The number of methoxy groups -OCH3 is 1. The minimum absolute atomic E-state index is 0.134. The molecule has 0 saturated heterocycles. The van der Waals surface area contributed by atoms with Gasteiger partial charge in [0.15, 0.2) is 0 Å². The minimum Gasteiger partial charge on any atom is -0.495 e. The first-order valence-corrected chi connectivity index (χ1v) is 11.6. The summed E-state index contributed by atoms with van der Waals surface area (Å²) in [4.78, 5) is 25.6. The van der Waals surface area contributed by atoms with E-state index in [9.17, 15) is 18.0 Å². The average Bonchev–Trinajstić information content (AvgIpc) is 2.77. The van der Waals surface area contributed by atoms with Gasteiger partial charge in [-0.05, 0) is 42.8 Å². The Morgan fingerprint density at radius 1 is 1.03 bits per heavy atom. The van der Waals surface area contributed by atoms with E-state index in [1.165, 1.54) is 19.2 Å². The lowest BCUT2D eigenvalue weighted by molar-refractivity contribution is -0.125. The lowest BCUT2D eigenvalue weighted by Gasteiger charge is -2.19. The Bertz CT molecular complexity index is 1300. The number of nitrogens with two attached hydrogens (primary N) is 1. The lowest BCUT2D eigenvalue weighted by Crippen LogP contribution is -2.26. The molecular formula is C23H21ClN2O6S. The first-order valence-electron chi connectivity index (χ1n) is 9.64. The lowest BCUT2D eigenvalue weighted by atomic mass is 10.1. The number of carbonyl (C=O) groups is 2. The molecule has 0 fully saturated rings. The normalized spacial score (nSPS) is 12.0. The van der Waals surface area contributed by atoms with Gasteiger partial charge in [-0.3, -0.25) is 4.79 Å². The van der Waals surface area contributed by atoms with Gasteiger partial charge in [0.05, 0.1) is 23.4 Å². The number of rotatable bonds is 7. The van der Waals surface area contributed by atoms with Crippen LogP contribution in [0.15, 0.2) is 71.6 Å². The van der Waals surface area contributed by atoms with Crippen LogP contribution < -0.4 is 15.2 Å². The van der Waals surface area contributed by atoms with Crippen LogP contribution >= 0.6 is 11.6 Å². The zero-order valence-electron chi connectivity index (χ0n) is 17.7. The number of hydrogen-bond acceptors (Lipinski definition) is 6. The second-order valence-electron chi connectivity index (χ2n) is 7.08. The number of anilines is 1. The highest BCUT2D eigenvalue weighted by atomic mass is 35.5. The Balaban J connectivity index is 1.94. The van der Waals surface area contributed by atoms with E-state index in [-0.39, 0.29) is 10.6 Å². The highest BCUT2D eigenvalue weighted by molar-refractivity contribution is 7.89. The Labute approximate surface area is 196 Å². The molecule has 3 rings (SSSR count). The maximum absolute atomic E-state index is 13.2. The largest absolute Gasteiger partial charge is 0.495 e. The predicted octanol–water partition coefficient (Wildman–Crippen LogP) is 3.84. The van der Waals surface area contributed by atoms with E-state index < -0.39 is 32.9 Å². The molecule has 0 spiro atoms. The van der Waals surface area contributed by atoms with Crippen molar-refractivity contribution >= 4 is 39.2 Å². The van der Waals surface area contributed by atoms with Gasteiger partial charge in [0.1, 0.15) is 10.6 Å². The fourth-order valence-electron chi connectivity index (χ4n) is 3.04. The summed E-state index contributed by atoms with van der Waals surface area (Å²) in [6, 6.07) is 17.1. The number of ether oxygens (including phenoxy) is 2. The minimum atomic E-state index is -4.17. The molecule has 0 aromatic heterocycles. The Morgan fingerprint density at radius 3 is 2.36 bits per heavy atom. The van der Waals surface area contributed by atoms with E-state index in [1.54, 1.807) is 42.5 Å². The number of benzene rings is 3. The smallest absolute Gasteiger partial charge is 0.339 e. The molecule has 8 nitrogen and oxygen atoms in total. The quantitative estimate of drug-likeness (QED) is 0.487. The molecule has 0 aliphatic rings. The molecule has 0 radical (unpaired) electrons. The second-order valence-corrected chi connectivity index (χ2v) is 9.02. The fraction of sp³-hybridized carbons (Fsp3) is 0.130. The zero-order chi connectivity index (χ0) is 24.2. The van der Waals surface area contributed by atoms with Crippen LogP contribution in [0.5, 0.6) is 5.75 Å². The third-order valence-electron chi connectivity index (χ3n) is 4.65. The van der Waals surface area contributed by atoms with Crippen LogP contribution in [0.25, 0.3) is 0 Å². The number of aryl methyl sites for hydroxylation is 1. The Kier molecular flexibility index (Phi) is 7.37. The zero-order valence-corrected chi connectivity index (χ0v) is 19.3. The number of nitrogens with one attached hydrogen (secondary N) is 1. The number of sulfonamides is 1. The molecule has 0 saturated carbocycles. The highest BCUT2D eigenvalue weighted by Gasteiger charge is 2.27. The Morgan fingerprint density at radius 2 is 1.73 bits per heavy atom. The number of hydrogen-bond donors (Lipinski definition) is 2. The van der Waals surface area contributed by atoms with Crippen LogP contribution in [0.1, 0.15) is 27.6 Å². The molecule has 0 aliphatic carbocycles. The molecule has 172 valence electrons. The maximum atomic E-state index is 13.2. The third-order valence-corrected chi connectivity index (χ3v) is 6.04. The van der Waals surface area contributed by atoms with Crippen molar-refractivity contribution in [3.05, 3.63) is 88.4 Å². The van der Waals surface area contributed by atoms with Gasteiger partial charge >= 0.3 is 5.97 Å². The molecule has 3 N–H and O–H groups in total. The molecule has 1 amide bonds. The van der Waals surface area contributed by atoms with E-state index in [2.05, 4.69) is 5.32 Å². The van der Waals surface area contributed by atoms with Gasteiger partial charge in [0.25, 0.3) is 5.91 Å². The number of amides is 1. The van der Waals surface area contributed by atoms with Gasteiger partial charge in [-0.2, -0.15) is 0 Å². The van der Waals surface area contributed by atoms with Crippen LogP contribution in [0.3, 0.4) is 0 Å². The van der Waals surface area contributed by atoms with E-state index in [1.807, 2.05) is 13.0 Å². The summed E-state index contributed by atoms with van der Waals surface area (Å²) in [6.45, 7) is 1.85. The van der Waals surface area contributed by atoms with Gasteiger partial charge in [0.2, 0.25) is 16.1 Å². The third kappa shape index (κ3) is 5.89. The van der Waals surface area contributed by atoms with Gasteiger partial charge in [0, 0.05) is 5.56 Å². The second kappa shape index (κ2) is 10.0. The molecule has 0 bridgehead atoms. The topological polar surface area (TPSA) is 125 Å². The van der Waals surface area contributed by atoms with Crippen LogP contribution in [0.2, 0.25) is 5.02 Å². The summed E-state index contributed by atoms with van der Waals surface area (Å²) in [7, 11) is -2.70. The highest BCUT2D eigenvalue weighted by Crippen LogP contribution is 2.29. The van der Waals surface area contributed by atoms with E-state index >= 15 is 0 Å². The van der Waals surface area contributed by atoms with Crippen LogP contribution in [0, 0.1) is 6.92 Å². The van der Waals surface area contributed by atoms with E-state index in [4.69, 9.17) is 26.2 Å². The van der Waals surface area contributed by atoms with Gasteiger partial charge in [-0.1, -0.05) is 48.0 Å². The van der Waals surface area contributed by atoms with E-state index in [0.29, 0.717) is 17.0 Å². The van der Waals surface area contributed by atoms with Crippen molar-refractivity contribution in [2.45, 2.75) is 17.9 Å². The number of halogens is 1. The number of carbonyl (C=O) groups excluding carboxylic acids is 2. The van der Waals surface area contributed by atoms with E-state index in [0.717, 1.165) is 11.6 Å². The van der Waals surface area contributed by atoms with Crippen molar-refractivity contribution in [2.24, 2.45) is 5.14 Å². The van der Waals surface area contributed by atoms with Crippen molar-refractivity contribution in [2.75, 3.05) is 12.4 Å². The van der Waals surface area contributed by atoms with Crippen molar-refractivity contribution in [1.29, 1.82) is 0 Å². The van der Waals surface area contributed by atoms with Gasteiger partial charge < -0.3 is 14.8 Å². The van der Waals surface area contributed by atoms with Crippen LogP contribution in [-0.4, -0.2) is 27.4 Å². The summed E-state index contributed by atoms with van der Waals surface area (Å²) >= 11 is 5.88. The molecule has 0 aliphatic heterocycles. The van der Waals surface area contributed by atoms with Crippen molar-refractivity contribution in [1.82, 2.24) is 0 Å². The summed E-state index contributed by atoms with van der Waals surface area (Å²) in [5, 5.41) is 7.74. The SMILES string of the molecule is COc1ccc(C)cc1NC(=O)[C@H](OC(=O)c1ccc(Cl)c(S(N)(=O)=O)c1)c1ccccc1. The predicted molar refractivity (Wildman–Crippen MR) is 124 cm³/mol. The van der Waals surface area contributed by atoms with Crippen molar-refractivity contribution in [3.8, 4) is 5.75 Å². The molecule has 33 heavy (non-hydrogen) atoms. The monoisotopic (exact) mass is 488 g/mol. The molecule has 3 aromatic rings. The van der Waals surface area contributed by atoms with Crippen molar-refractivity contribution in [3.63, 3.8) is 0 Å². The number of primary sulfonamides is 1. The standard InChI is InChI=1S/C23H21ClN2O6S/c1-14-8-11-19(31-2)18(12-14)26-22(27)21(15-6-4-3-5-7-15)32-23(28)16-9-10-17(24)20(13-16)33(25,29)30/h3-13,21H,1-2H3,(H,26,27)(H2,25,29,30)/t21-/m1/s1. The molecule has 1 atom stereocenters. The van der Waals surface area contributed by atoms with Crippen molar-refractivity contribution < 1.29 is 27.5 Å². The molecule has 0 unspecified atom stereocenters. The summed E-state index contributed by atoms with van der Waals surface area (Å²) in [5.74, 6) is -1.13. The number of esters is 1. The van der Waals surface area contributed by atoms with Crippen LogP contribution in [-0.2, 0) is 19.6 Å². The summed E-state index contributed by atoms with van der Waals surface area (Å²) in [6.07, 6.45) is -1.34. The first kappa shape index (κ1) is 24.2. The fourth-order valence-corrected chi connectivity index (χ4v) is 4.11. The molecular weight excluding hydrogens is 468 g/mol. The van der Waals surface area contributed by atoms with Crippen LogP contribution in [0.4, 0.5) is 5.69 Å².